The molecule has 0 amide bonds. The first-order valence-electron chi connectivity index (χ1n) is 23.4. The van der Waals surface area contributed by atoms with Gasteiger partial charge < -0.3 is 26.5 Å². The quantitative estimate of drug-likeness (QED) is 0.149. The molecule has 0 saturated heterocycles. The largest absolute Gasteiger partial charge is 4.00 e. The Morgan fingerprint density at radius 1 is 0.485 bits per heavy atom. The molecule has 9 rings (SSSR count). The van der Waals surface area contributed by atoms with E-state index in [1.54, 1.807) is 0 Å². The van der Waals surface area contributed by atoms with Gasteiger partial charge in [-0.3, -0.25) is 0 Å². The van der Waals surface area contributed by atoms with Crippen LogP contribution in [0.2, 0.25) is 0 Å². The number of ether oxygens (including phenoxy) is 1. The van der Waals surface area contributed by atoms with Crippen LogP contribution in [0.3, 0.4) is 0 Å². The molecule has 5 nitrogen and oxygen atoms in total. The number of fused-ring (bicyclic) bond motifs is 4. The van der Waals surface area contributed by atoms with Gasteiger partial charge in [0.2, 0.25) is 0 Å². The summed E-state index contributed by atoms with van der Waals surface area (Å²) in [5, 5.41) is 2.24. The Morgan fingerprint density at radius 2 is 1.10 bits per heavy atom. The molecule has 0 fully saturated rings. The van der Waals surface area contributed by atoms with E-state index >= 15 is 0 Å². The van der Waals surface area contributed by atoms with Crippen LogP contribution in [0.25, 0.3) is 27.6 Å². The minimum absolute atomic E-state index is 0. The molecule has 2 aromatic heterocycles. The third kappa shape index (κ3) is 9.53. The maximum absolute atomic E-state index is 6.91. The summed E-state index contributed by atoms with van der Waals surface area (Å²) >= 11 is 0. The summed E-state index contributed by atoms with van der Waals surface area (Å²) in [5.41, 5.74) is 13.2. The number of aromatic nitrogens is 2. The van der Waals surface area contributed by atoms with Crippen molar-refractivity contribution in [2.45, 2.75) is 124 Å². The number of hydrogen-bond donors (Lipinski definition) is 0. The van der Waals surface area contributed by atoms with E-state index in [4.69, 9.17) is 9.72 Å². The number of nitrogens with zero attached hydrogens (tertiary/aromatic N) is 4. The molecule has 1 aliphatic heterocycles. The number of hydrogen-bond acceptors (Lipinski definition) is 4. The first-order valence-corrected chi connectivity index (χ1v) is 23.4. The van der Waals surface area contributed by atoms with Gasteiger partial charge in [-0.15, -0.1) is 53.6 Å². The Kier molecular flexibility index (Phi) is 13.3. The topological polar surface area (TPSA) is 33.5 Å². The van der Waals surface area contributed by atoms with Crippen LogP contribution in [0.15, 0.2) is 134 Å². The molecule has 0 N–H and O–H groups in total. The Morgan fingerprint density at radius 3 is 1.78 bits per heavy atom. The second kappa shape index (κ2) is 18.0. The molecular weight excluding hydrogens is 1010 g/mol. The average Bonchev–Trinajstić information content (AvgIpc) is 3.81. The molecule has 8 aromatic rings. The van der Waals surface area contributed by atoms with Crippen molar-refractivity contribution in [3.05, 3.63) is 193 Å². The third-order valence-electron chi connectivity index (χ3n) is 13.4. The van der Waals surface area contributed by atoms with Gasteiger partial charge in [0.05, 0.1) is 0 Å². The Labute approximate surface area is 421 Å². The van der Waals surface area contributed by atoms with Crippen LogP contribution in [0.5, 0.6) is 11.5 Å². The summed E-state index contributed by atoms with van der Waals surface area (Å²) in [4.78, 5) is 9.57. The van der Waals surface area contributed by atoms with Crippen LogP contribution >= 0.6 is 0 Å². The zero-order chi connectivity index (χ0) is 47.1. The molecule has 3 heterocycles. The summed E-state index contributed by atoms with van der Waals surface area (Å²) in [7, 11) is 0. The van der Waals surface area contributed by atoms with E-state index in [2.05, 4.69) is 251 Å². The maximum Gasteiger partial charge on any atom is 4.00 e. The second-order valence-electron chi connectivity index (χ2n) is 22.9. The molecule has 0 bridgehead atoms. The molecule has 6 aromatic carbocycles. The van der Waals surface area contributed by atoms with Gasteiger partial charge in [0.1, 0.15) is 5.82 Å². The van der Waals surface area contributed by atoms with Crippen molar-refractivity contribution in [1.82, 2.24) is 9.55 Å². The molecule has 68 heavy (non-hydrogen) atoms. The van der Waals surface area contributed by atoms with Crippen LogP contribution in [-0.2, 0) is 48.1 Å². The first-order chi connectivity index (χ1) is 31.0. The predicted octanol–water partition coefficient (Wildman–Crippen LogP) is 16.9. The van der Waals surface area contributed by atoms with Crippen LogP contribution in [0.1, 0.15) is 130 Å². The average molecular weight is 1080 g/mol. The predicted molar refractivity (Wildman–Crippen MR) is 284 cm³/mol. The summed E-state index contributed by atoms with van der Waals surface area (Å²) in [6.07, 6.45) is 1.91. The molecule has 0 saturated carbocycles. The van der Waals surface area contributed by atoms with E-state index in [-0.39, 0.29) is 55.6 Å². The Balaban J connectivity index is 0.00000342. The zero-order valence-corrected chi connectivity index (χ0v) is 45.1. The molecule has 0 spiro atoms. The van der Waals surface area contributed by atoms with Gasteiger partial charge in [0.25, 0.3) is 0 Å². The van der Waals surface area contributed by atoms with Gasteiger partial charge in [0, 0.05) is 45.7 Å². The van der Waals surface area contributed by atoms with Crippen molar-refractivity contribution < 1.29 is 25.8 Å². The van der Waals surface area contributed by atoms with Gasteiger partial charge in [-0.2, -0.15) is 6.07 Å². The summed E-state index contributed by atoms with van der Waals surface area (Å²) in [6.45, 7) is 34.1. The number of pyridine rings is 1. The fourth-order valence-corrected chi connectivity index (χ4v) is 9.03. The van der Waals surface area contributed by atoms with E-state index < -0.39 is 0 Å². The monoisotopic (exact) mass is 1080 g/mol. The molecule has 6 heteroatoms. The minimum atomic E-state index is -0.224. The van der Waals surface area contributed by atoms with Crippen molar-refractivity contribution >= 4 is 44.6 Å². The molecule has 0 radical (unpaired) electrons. The van der Waals surface area contributed by atoms with Gasteiger partial charge in [-0.25, -0.2) is 4.98 Å². The van der Waals surface area contributed by atoms with Crippen LogP contribution in [0.4, 0.5) is 22.7 Å². The maximum atomic E-state index is 6.91. The SMILES string of the molecule is CC(C)(C)c1cc(Oc2[c-]c3c(cc2)c2ccccc2n3-c2cc(C(C)(C)C)ccn2)[c-]c(N2[CH-]N(c3cc(C(C)(C)C)cc(C(C)(C)c4ccccc4)c3)c3ccc(C(C)(C)C)cc32)c1.[CH3-].[Pt+4]. The number of rotatable bonds is 7. The van der Waals surface area contributed by atoms with E-state index in [1.807, 2.05) is 12.3 Å². The van der Waals surface area contributed by atoms with Crippen molar-refractivity contribution in [2.24, 2.45) is 0 Å². The number of benzene rings is 6. The van der Waals surface area contributed by atoms with E-state index in [0.29, 0.717) is 11.5 Å². The Bertz CT molecular complexity index is 3120. The molecular formula is C62H68N4OPt. The van der Waals surface area contributed by atoms with E-state index in [0.717, 1.165) is 55.9 Å². The van der Waals surface area contributed by atoms with Gasteiger partial charge >= 0.3 is 21.1 Å². The standard InChI is InChI=1S/C61H65N4O.CH3.Pt/c1-57(2,3)41-24-27-53-55(35-41)64(39-63(53)46-31-43(59(7,8)9)30-45(33-46)61(13,14)40-20-16-15-17-21-40)47-32-44(60(10,11)12)34-49(37-47)66-48-25-26-51-50-22-18-19-23-52(50)65(54(51)38-48)56-36-42(28-29-62-56)58(4,5)6;;/h15-36,39H,1-14H3;1H3;/q-3;-1;+4. The molecule has 0 unspecified atom stereocenters. The smallest absolute Gasteiger partial charge is 0.509 e. The third-order valence-corrected chi connectivity index (χ3v) is 13.4. The fourth-order valence-electron chi connectivity index (χ4n) is 9.03. The van der Waals surface area contributed by atoms with Crippen LogP contribution in [-0.4, -0.2) is 9.55 Å². The Hall–Kier alpha value is -5.64. The second-order valence-corrected chi connectivity index (χ2v) is 22.9. The van der Waals surface area contributed by atoms with Crippen molar-refractivity contribution in [3.63, 3.8) is 0 Å². The first kappa shape index (κ1) is 50.2. The molecule has 1 aliphatic rings. The molecule has 0 atom stereocenters. The number of anilines is 4. The van der Waals surface area contributed by atoms with Gasteiger partial charge in [-0.1, -0.05) is 163 Å². The van der Waals surface area contributed by atoms with Crippen molar-refractivity contribution in [1.29, 1.82) is 0 Å². The van der Waals surface area contributed by atoms with Crippen LogP contribution in [0, 0.1) is 26.2 Å². The van der Waals surface area contributed by atoms with Crippen molar-refractivity contribution in [2.75, 3.05) is 9.80 Å². The molecule has 0 aliphatic carbocycles. The summed E-state index contributed by atoms with van der Waals surface area (Å²) < 4.78 is 9.13. The van der Waals surface area contributed by atoms with E-state index in [9.17, 15) is 0 Å². The number of para-hydroxylation sites is 1. The summed E-state index contributed by atoms with van der Waals surface area (Å²) in [5.74, 6) is 2.10. The zero-order valence-electron chi connectivity index (χ0n) is 42.8. The minimum Gasteiger partial charge on any atom is -0.509 e. The van der Waals surface area contributed by atoms with Crippen LogP contribution < -0.4 is 14.5 Å². The normalized spacial score (nSPS) is 13.4. The molecule has 352 valence electrons. The van der Waals surface area contributed by atoms with E-state index in [1.165, 1.54) is 27.8 Å². The summed E-state index contributed by atoms with van der Waals surface area (Å²) in [6, 6.07) is 53.8. The van der Waals surface area contributed by atoms with Crippen molar-refractivity contribution in [3.8, 4) is 17.3 Å². The fraction of sp³-hybridized carbons (Fsp3) is 0.306. The van der Waals surface area contributed by atoms with Gasteiger partial charge in [-0.05, 0) is 97.3 Å². The van der Waals surface area contributed by atoms with Gasteiger partial charge in [0.15, 0.2) is 0 Å².